The van der Waals surface area contributed by atoms with E-state index in [1.165, 1.54) is 29.3 Å². The zero-order valence-electron chi connectivity index (χ0n) is 19.3. The molecule has 0 fully saturated rings. The van der Waals surface area contributed by atoms with Crippen LogP contribution in [0.1, 0.15) is 29.9 Å². The van der Waals surface area contributed by atoms with Gasteiger partial charge in [-0.15, -0.1) is 6.58 Å². The maximum absolute atomic E-state index is 14.0. The Balaban J connectivity index is 1.71. The Kier molecular flexibility index (Phi) is 5.66. The number of carbonyl (C=O) groups is 1. The van der Waals surface area contributed by atoms with Gasteiger partial charge in [0.05, 0.1) is 19.1 Å². The molecule has 2 aliphatic heterocycles. The van der Waals surface area contributed by atoms with Crippen LogP contribution < -0.4 is 4.90 Å². The number of aliphatic imine (C=N–C) groups is 1. The Bertz CT molecular complexity index is 1350. The minimum absolute atomic E-state index is 0.0568. The number of halogens is 3. The summed E-state index contributed by atoms with van der Waals surface area (Å²) in [5.41, 5.74) is 1.14. The van der Waals surface area contributed by atoms with E-state index in [2.05, 4.69) is 30.4 Å². The molecule has 10 heteroatoms. The smallest absolute Gasteiger partial charge is 0.283 e. The van der Waals surface area contributed by atoms with Gasteiger partial charge in [-0.3, -0.25) is 14.6 Å². The summed E-state index contributed by atoms with van der Waals surface area (Å²) in [4.78, 5) is 30.2. The van der Waals surface area contributed by atoms with Gasteiger partial charge in [0.2, 0.25) is 11.9 Å². The fourth-order valence-electron chi connectivity index (χ4n) is 4.36. The molecule has 0 saturated carbocycles. The van der Waals surface area contributed by atoms with E-state index in [0.717, 1.165) is 12.1 Å². The van der Waals surface area contributed by atoms with E-state index in [0.29, 0.717) is 35.3 Å². The largest absolute Gasteiger partial charge is 0.305 e. The molecule has 7 nitrogen and oxygen atoms in total. The highest BCUT2D eigenvalue weighted by Crippen LogP contribution is 2.37. The fourth-order valence-corrected chi connectivity index (χ4v) is 4.36. The summed E-state index contributed by atoms with van der Waals surface area (Å²) < 4.78 is 42.9. The summed E-state index contributed by atoms with van der Waals surface area (Å²) in [6.07, 6.45) is 2.95. The molecule has 0 radical (unpaired) electrons. The fraction of sp³-hybridized carbons (Fsp3) is 0.280. The minimum Gasteiger partial charge on any atom is -0.305 e. The minimum atomic E-state index is -0.974. The number of benzene rings is 1. The summed E-state index contributed by atoms with van der Waals surface area (Å²) in [6, 6.07) is 6.30. The first-order chi connectivity index (χ1) is 16.8. The second-order valence-corrected chi connectivity index (χ2v) is 8.87. The van der Waals surface area contributed by atoms with Crippen LogP contribution in [-0.4, -0.2) is 50.4 Å². The second-order valence-electron chi connectivity index (χ2n) is 8.87. The predicted octanol–water partition coefficient (Wildman–Crippen LogP) is 4.25. The van der Waals surface area contributed by atoms with Crippen molar-refractivity contribution in [1.82, 2.24) is 19.4 Å². The van der Waals surface area contributed by atoms with E-state index in [1.54, 1.807) is 10.6 Å². The standard InChI is InChI=1S/C25H23F3N6O/c1-4-9-32-24(35)21-23(34-13-19(14(2)3)30-25(32)34)33(12-15-5-7-17(26)18(27)10-15)22(31-21)16-6-8-20(28)29-11-16/h4-8,10-11,14,19H,1,9,12-13H2,2-3H3/t19-/m0/s1. The number of nitrogens with zero attached hydrogens (tertiary/aromatic N) is 6. The van der Waals surface area contributed by atoms with Crippen molar-refractivity contribution in [2.45, 2.75) is 26.4 Å². The monoisotopic (exact) mass is 480 g/mol. The number of carbonyl (C=O) groups excluding carboxylic acids is 1. The molecule has 1 atom stereocenters. The first-order valence-corrected chi connectivity index (χ1v) is 11.2. The normalized spacial score (nSPS) is 17.0. The lowest BCUT2D eigenvalue weighted by Gasteiger charge is -2.34. The number of pyridine rings is 1. The zero-order valence-corrected chi connectivity index (χ0v) is 19.3. The van der Waals surface area contributed by atoms with Crippen molar-refractivity contribution in [2.24, 2.45) is 10.9 Å². The maximum Gasteiger partial charge on any atom is 0.283 e. The van der Waals surface area contributed by atoms with Crippen LogP contribution in [0.5, 0.6) is 0 Å². The average molecular weight is 480 g/mol. The van der Waals surface area contributed by atoms with Crippen LogP contribution in [0.4, 0.5) is 19.0 Å². The van der Waals surface area contributed by atoms with E-state index in [1.807, 2.05) is 4.90 Å². The molecule has 0 saturated heterocycles. The Morgan fingerprint density at radius 2 is 1.97 bits per heavy atom. The van der Waals surface area contributed by atoms with Crippen LogP contribution >= 0.6 is 0 Å². The molecule has 3 aromatic rings. The number of hydrogen-bond donors (Lipinski definition) is 0. The van der Waals surface area contributed by atoms with Gasteiger partial charge < -0.3 is 4.57 Å². The molecule has 0 unspecified atom stereocenters. The van der Waals surface area contributed by atoms with Crippen LogP contribution in [-0.2, 0) is 6.54 Å². The summed E-state index contributed by atoms with van der Waals surface area (Å²) in [5.74, 6) is -1.35. The third-order valence-electron chi connectivity index (χ3n) is 6.17. The number of guanidine groups is 1. The number of hydrogen-bond acceptors (Lipinski definition) is 5. The predicted molar refractivity (Wildman–Crippen MR) is 126 cm³/mol. The third kappa shape index (κ3) is 3.88. The Morgan fingerprint density at radius 3 is 2.63 bits per heavy atom. The van der Waals surface area contributed by atoms with Crippen molar-refractivity contribution >= 4 is 17.7 Å². The summed E-state index contributed by atoms with van der Waals surface area (Å²) in [7, 11) is 0. The summed E-state index contributed by atoms with van der Waals surface area (Å²) in [5, 5.41) is 0. The molecule has 0 aliphatic carbocycles. The Hall–Kier alpha value is -3.95. The van der Waals surface area contributed by atoms with Gasteiger partial charge in [0.1, 0.15) is 11.6 Å². The van der Waals surface area contributed by atoms with Gasteiger partial charge in [-0.25, -0.2) is 23.7 Å². The highest BCUT2D eigenvalue weighted by Gasteiger charge is 2.44. The molecule has 5 rings (SSSR count). The van der Waals surface area contributed by atoms with Crippen molar-refractivity contribution < 1.29 is 18.0 Å². The first kappa shape index (κ1) is 22.8. The lowest BCUT2D eigenvalue weighted by Crippen LogP contribution is -2.51. The molecule has 1 amide bonds. The molecule has 35 heavy (non-hydrogen) atoms. The number of amides is 1. The lowest BCUT2D eigenvalue weighted by molar-refractivity contribution is 0.0847. The molecule has 0 spiro atoms. The van der Waals surface area contributed by atoms with E-state index >= 15 is 0 Å². The van der Waals surface area contributed by atoms with Crippen molar-refractivity contribution in [1.29, 1.82) is 0 Å². The molecule has 180 valence electrons. The van der Waals surface area contributed by atoms with E-state index in [9.17, 15) is 18.0 Å². The van der Waals surface area contributed by atoms with Crippen molar-refractivity contribution in [3.05, 3.63) is 78.0 Å². The molecule has 1 aromatic carbocycles. The third-order valence-corrected chi connectivity index (χ3v) is 6.17. The molecule has 0 N–H and O–H groups in total. The quantitative estimate of drug-likeness (QED) is 0.391. The van der Waals surface area contributed by atoms with Gasteiger partial charge in [0.25, 0.3) is 5.91 Å². The van der Waals surface area contributed by atoms with Gasteiger partial charge in [-0.1, -0.05) is 26.0 Å². The van der Waals surface area contributed by atoms with E-state index in [4.69, 9.17) is 4.99 Å². The van der Waals surface area contributed by atoms with Gasteiger partial charge >= 0.3 is 0 Å². The number of imidazole rings is 1. The lowest BCUT2D eigenvalue weighted by atomic mass is 10.1. The molecule has 2 aliphatic rings. The highest BCUT2D eigenvalue weighted by atomic mass is 19.2. The van der Waals surface area contributed by atoms with Crippen LogP contribution in [0.15, 0.2) is 54.2 Å². The summed E-state index contributed by atoms with van der Waals surface area (Å²) in [6.45, 7) is 8.74. The molecule has 2 aromatic heterocycles. The topological polar surface area (TPSA) is 66.6 Å². The first-order valence-electron chi connectivity index (χ1n) is 11.2. The van der Waals surface area contributed by atoms with Gasteiger partial charge in [-0.2, -0.15) is 4.39 Å². The van der Waals surface area contributed by atoms with Crippen LogP contribution in [0.3, 0.4) is 0 Å². The van der Waals surface area contributed by atoms with Crippen LogP contribution in [0, 0.1) is 23.5 Å². The number of rotatable bonds is 6. The van der Waals surface area contributed by atoms with Gasteiger partial charge in [0, 0.05) is 18.3 Å². The average Bonchev–Trinajstić information content (AvgIpc) is 3.42. The molecular formula is C25H23F3N6O. The number of fused-ring (bicyclic) bond motifs is 3. The zero-order chi connectivity index (χ0) is 24.9. The Morgan fingerprint density at radius 1 is 1.17 bits per heavy atom. The van der Waals surface area contributed by atoms with Crippen LogP contribution in [0.25, 0.3) is 11.4 Å². The summed E-state index contributed by atoms with van der Waals surface area (Å²) >= 11 is 0. The van der Waals surface area contributed by atoms with Gasteiger partial charge in [0.15, 0.2) is 17.3 Å². The van der Waals surface area contributed by atoms with Crippen LogP contribution in [0.2, 0.25) is 0 Å². The molecular weight excluding hydrogens is 457 g/mol. The van der Waals surface area contributed by atoms with Gasteiger partial charge in [-0.05, 0) is 35.7 Å². The second kappa shape index (κ2) is 8.68. The van der Waals surface area contributed by atoms with Crippen molar-refractivity contribution in [3.63, 3.8) is 0 Å². The van der Waals surface area contributed by atoms with E-state index < -0.39 is 17.6 Å². The van der Waals surface area contributed by atoms with Crippen molar-refractivity contribution in [2.75, 3.05) is 18.0 Å². The SMILES string of the molecule is C=CCN1C(=O)c2nc(-c3ccc(F)nc3)n(Cc3ccc(F)c(F)c3)c2N2C[C@@H](C(C)C)N=C12. The number of aromatic nitrogens is 3. The maximum atomic E-state index is 14.0. The highest BCUT2D eigenvalue weighted by molar-refractivity contribution is 6.18. The number of anilines is 1. The van der Waals surface area contributed by atoms with E-state index in [-0.39, 0.29) is 36.7 Å². The Labute approximate surface area is 200 Å². The molecule has 4 heterocycles. The molecule has 0 bridgehead atoms. The van der Waals surface area contributed by atoms with Crippen molar-refractivity contribution in [3.8, 4) is 11.4 Å².